The van der Waals surface area contributed by atoms with Crippen LogP contribution in [0.15, 0.2) is 75.9 Å². The first-order valence-corrected chi connectivity index (χ1v) is 10.3. The van der Waals surface area contributed by atoms with Gasteiger partial charge >= 0.3 is 5.97 Å². The maximum Gasteiger partial charge on any atom is 0.341 e. The molecule has 1 heterocycles. The number of benzene rings is 3. The molecule has 0 aliphatic heterocycles. The monoisotopic (exact) mass is 462 g/mol. The fourth-order valence-electron chi connectivity index (χ4n) is 3.44. The minimum absolute atomic E-state index is 0.197. The first-order valence-electron chi connectivity index (χ1n) is 10.3. The Morgan fingerprint density at radius 1 is 0.882 bits per heavy atom. The van der Waals surface area contributed by atoms with Gasteiger partial charge in [0.05, 0.1) is 14.2 Å². The van der Waals surface area contributed by atoms with Crippen molar-refractivity contribution in [1.82, 2.24) is 0 Å². The molecular weight excluding hydrogens is 440 g/mol. The fraction of sp³-hybridized carbons (Fsp3) is 0.154. The molecular formula is C26H22O8. The summed E-state index contributed by atoms with van der Waals surface area (Å²) in [7, 11) is 3.05. The van der Waals surface area contributed by atoms with Gasteiger partial charge in [-0.1, -0.05) is 30.3 Å². The van der Waals surface area contributed by atoms with Gasteiger partial charge in [0, 0.05) is 23.8 Å². The fourth-order valence-corrected chi connectivity index (χ4v) is 3.44. The van der Waals surface area contributed by atoms with Crippen molar-refractivity contribution in [3.63, 3.8) is 0 Å². The van der Waals surface area contributed by atoms with Gasteiger partial charge in [0.1, 0.15) is 34.8 Å². The molecule has 8 heteroatoms. The average Bonchev–Trinajstić information content (AvgIpc) is 2.85. The summed E-state index contributed by atoms with van der Waals surface area (Å²) >= 11 is 0. The molecule has 4 aromatic rings. The van der Waals surface area contributed by atoms with Crippen LogP contribution in [0.2, 0.25) is 0 Å². The number of rotatable bonds is 9. The van der Waals surface area contributed by atoms with E-state index in [1.165, 1.54) is 32.4 Å². The molecule has 4 rings (SSSR count). The Bertz CT molecular complexity index is 1380. The first kappa shape index (κ1) is 22.7. The number of carboxylic acids is 1. The minimum atomic E-state index is -1.13. The molecule has 0 saturated carbocycles. The van der Waals surface area contributed by atoms with Crippen LogP contribution in [0.25, 0.3) is 22.3 Å². The lowest BCUT2D eigenvalue weighted by atomic mass is 10.1. The lowest BCUT2D eigenvalue weighted by Crippen LogP contribution is -2.10. The van der Waals surface area contributed by atoms with Crippen LogP contribution in [0.1, 0.15) is 5.56 Å². The number of carbonyl (C=O) groups is 1. The third kappa shape index (κ3) is 4.96. The number of hydrogen-bond acceptors (Lipinski definition) is 7. The molecule has 8 nitrogen and oxygen atoms in total. The highest BCUT2D eigenvalue weighted by molar-refractivity contribution is 5.86. The van der Waals surface area contributed by atoms with E-state index in [1.54, 1.807) is 18.2 Å². The molecule has 174 valence electrons. The van der Waals surface area contributed by atoms with E-state index in [9.17, 15) is 9.59 Å². The number of methoxy groups -OCH3 is 2. The molecule has 1 N–H and O–H groups in total. The second-order valence-electron chi connectivity index (χ2n) is 7.30. The second kappa shape index (κ2) is 9.99. The molecule has 0 unspecified atom stereocenters. The van der Waals surface area contributed by atoms with Gasteiger partial charge in [0.15, 0.2) is 23.5 Å². The van der Waals surface area contributed by atoms with E-state index in [2.05, 4.69) is 0 Å². The Hall–Kier alpha value is -4.46. The van der Waals surface area contributed by atoms with Crippen molar-refractivity contribution >= 4 is 16.9 Å². The van der Waals surface area contributed by atoms with Gasteiger partial charge in [-0.3, -0.25) is 4.79 Å². The highest BCUT2D eigenvalue weighted by atomic mass is 16.5. The largest absolute Gasteiger partial charge is 0.493 e. The molecule has 1 aromatic heterocycles. The van der Waals surface area contributed by atoms with Crippen LogP contribution < -0.4 is 24.4 Å². The summed E-state index contributed by atoms with van der Waals surface area (Å²) in [5.41, 5.74) is 1.38. The van der Waals surface area contributed by atoms with Crippen molar-refractivity contribution in [1.29, 1.82) is 0 Å². The molecule has 0 saturated heterocycles. The molecule has 0 fully saturated rings. The summed E-state index contributed by atoms with van der Waals surface area (Å²) in [6.45, 7) is -0.349. The summed E-state index contributed by atoms with van der Waals surface area (Å²) in [5.74, 6) is 0.610. The van der Waals surface area contributed by atoms with Crippen molar-refractivity contribution in [2.45, 2.75) is 6.61 Å². The molecule has 0 radical (unpaired) electrons. The van der Waals surface area contributed by atoms with Crippen LogP contribution in [0, 0.1) is 0 Å². The number of ether oxygens (including phenoxy) is 4. The zero-order valence-corrected chi connectivity index (χ0v) is 18.6. The summed E-state index contributed by atoms with van der Waals surface area (Å²) in [5, 5.41) is 9.21. The Kier molecular flexibility index (Phi) is 6.68. The normalized spacial score (nSPS) is 10.6. The van der Waals surface area contributed by atoms with E-state index in [1.807, 2.05) is 30.3 Å². The molecule has 0 spiro atoms. The maximum absolute atomic E-state index is 13.1. The summed E-state index contributed by atoms with van der Waals surface area (Å²) in [6, 6.07) is 18.9. The van der Waals surface area contributed by atoms with Crippen LogP contribution in [0.5, 0.6) is 23.0 Å². The molecule has 3 aromatic carbocycles. The van der Waals surface area contributed by atoms with Crippen molar-refractivity contribution < 1.29 is 33.3 Å². The van der Waals surface area contributed by atoms with Crippen LogP contribution in [0.3, 0.4) is 0 Å². The zero-order chi connectivity index (χ0) is 24.1. The zero-order valence-electron chi connectivity index (χ0n) is 18.6. The minimum Gasteiger partial charge on any atom is -0.493 e. The molecule has 0 amide bonds. The number of carboxylic acid groups (broad SMARTS) is 1. The van der Waals surface area contributed by atoms with Crippen molar-refractivity contribution in [2.75, 3.05) is 20.8 Å². The van der Waals surface area contributed by atoms with E-state index < -0.39 is 12.6 Å². The van der Waals surface area contributed by atoms with Gasteiger partial charge < -0.3 is 28.5 Å². The molecule has 34 heavy (non-hydrogen) atoms. The van der Waals surface area contributed by atoms with Crippen LogP contribution in [-0.4, -0.2) is 31.9 Å². The molecule has 0 bridgehead atoms. The number of aliphatic carboxylic acids is 1. The number of hydrogen-bond donors (Lipinski definition) is 1. The average molecular weight is 462 g/mol. The van der Waals surface area contributed by atoms with Gasteiger partial charge in [-0.15, -0.1) is 0 Å². The van der Waals surface area contributed by atoms with Crippen molar-refractivity contribution in [3.8, 4) is 34.3 Å². The SMILES string of the molecule is COc1ccc(-c2cc(=O)c3c(OCc4ccccc4)cc(OCC(=O)O)cc3o2)cc1OC. The highest BCUT2D eigenvalue weighted by Crippen LogP contribution is 2.35. The molecule has 0 aliphatic carbocycles. The van der Waals surface area contributed by atoms with Gasteiger partial charge in [-0.2, -0.15) is 0 Å². The van der Waals surface area contributed by atoms with Gasteiger partial charge in [0.2, 0.25) is 0 Å². The molecule has 0 atom stereocenters. The Morgan fingerprint density at radius 2 is 1.65 bits per heavy atom. The van der Waals surface area contributed by atoms with E-state index in [-0.39, 0.29) is 34.5 Å². The van der Waals surface area contributed by atoms with Crippen LogP contribution in [-0.2, 0) is 11.4 Å². The molecule has 0 aliphatic rings. The first-order chi connectivity index (χ1) is 16.5. The van der Waals surface area contributed by atoms with Crippen LogP contribution in [0.4, 0.5) is 0 Å². The Morgan fingerprint density at radius 3 is 2.35 bits per heavy atom. The van der Waals surface area contributed by atoms with E-state index in [0.717, 1.165) is 5.56 Å². The Labute approximate surface area is 194 Å². The van der Waals surface area contributed by atoms with E-state index in [0.29, 0.717) is 22.8 Å². The van der Waals surface area contributed by atoms with Gasteiger partial charge in [-0.25, -0.2) is 4.79 Å². The summed E-state index contributed by atoms with van der Waals surface area (Å²) in [4.78, 5) is 24.1. The van der Waals surface area contributed by atoms with E-state index in [4.69, 9.17) is 28.5 Å². The lowest BCUT2D eigenvalue weighted by molar-refractivity contribution is -0.139. The lowest BCUT2D eigenvalue weighted by Gasteiger charge is -2.13. The van der Waals surface area contributed by atoms with Crippen LogP contribution >= 0.6 is 0 Å². The standard InChI is InChI=1S/C26H22O8/c1-30-20-9-8-17(10-22(20)31-2)21-13-19(27)26-23(33-14-16-6-4-3-5-7-16)11-18(12-24(26)34-21)32-15-25(28)29/h3-13H,14-15H2,1-2H3,(H,28,29). The van der Waals surface area contributed by atoms with Crippen molar-refractivity contribution in [2.24, 2.45) is 0 Å². The predicted octanol–water partition coefficient (Wildman–Crippen LogP) is 4.52. The number of fused-ring (bicyclic) bond motifs is 1. The van der Waals surface area contributed by atoms with Gasteiger partial charge in [0.25, 0.3) is 0 Å². The maximum atomic E-state index is 13.1. The predicted molar refractivity (Wildman–Crippen MR) is 125 cm³/mol. The smallest absolute Gasteiger partial charge is 0.341 e. The third-order valence-corrected chi connectivity index (χ3v) is 5.04. The highest BCUT2D eigenvalue weighted by Gasteiger charge is 2.16. The second-order valence-corrected chi connectivity index (χ2v) is 7.30. The van der Waals surface area contributed by atoms with E-state index >= 15 is 0 Å². The third-order valence-electron chi connectivity index (χ3n) is 5.04. The van der Waals surface area contributed by atoms with Crippen molar-refractivity contribution in [3.05, 3.63) is 82.5 Å². The quantitative estimate of drug-likeness (QED) is 0.387. The Balaban J connectivity index is 1.80. The topological polar surface area (TPSA) is 104 Å². The van der Waals surface area contributed by atoms with Gasteiger partial charge in [-0.05, 0) is 23.8 Å². The summed E-state index contributed by atoms with van der Waals surface area (Å²) in [6.07, 6.45) is 0. The summed E-state index contributed by atoms with van der Waals surface area (Å²) < 4.78 is 27.9.